The normalized spacial score (nSPS) is 12.6. The third kappa shape index (κ3) is 2.40. The topological polar surface area (TPSA) is 54.5 Å². The van der Waals surface area contributed by atoms with Gasteiger partial charge in [0.05, 0.1) is 11.9 Å². The van der Waals surface area contributed by atoms with Gasteiger partial charge in [-0.15, -0.1) is 0 Å². The second kappa shape index (κ2) is 4.68. The standard InChI is InChI=1S/C11H14N4/c1-2-9(7-11-8-13-15-14-11)10-3-5-12-6-4-10/h3-6,8-9H,2,7H2,1H3,(H,13,14,15). The summed E-state index contributed by atoms with van der Waals surface area (Å²) in [5, 5.41) is 10.5. The summed E-state index contributed by atoms with van der Waals surface area (Å²) in [5.74, 6) is 0.498. The summed E-state index contributed by atoms with van der Waals surface area (Å²) >= 11 is 0. The Morgan fingerprint density at radius 1 is 1.33 bits per heavy atom. The van der Waals surface area contributed by atoms with Crippen LogP contribution in [-0.2, 0) is 6.42 Å². The maximum atomic E-state index is 4.08. The number of hydrogen-bond donors (Lipinski definition) is 1. The van der Waals surface area contributed by atoms with Crippen LogP contribution in [0.1, 0.15) is 30.5 Å². The minimum atomic E-state index is 0.498. The van der Waals surface area contributed by atoms with Crippen molar-refractivity contribution >= 4 is 0 Å². The van der Waals surface area contributed by atoms with Crippen molar-refractivity contribution in [2.75, 3.05) is 0 Å². The van der Waals surface area contributed by atoms with Crippen LogP contribution in [0.5, 0.6) is 0 Å². The molecule has 78 valence electrons. The van der Waals surface area contributed by atoms with Crippen molar-refractivity contribution in [2.45, 2.75) is 25.7 Å². The van der Waals surface area contributed by atoms with Gasteiger partial charge in [-0.3, -0.25) is 4.98 Å². The van der Waals surface area contributed by atoms with Crippen LogP contribution in [0.15, 0.2) is 30.7 Å². The predicted octanol–water partition coefficient (Wildman–Crippen LogP) is 1.94. The molecule has 1 atom stereocenters. The molecule has 0 amide bonds. The van der Waals surface area contributed by atoms with Crippen molar-refractivity contribution in [3.05, 3.63) is 42.0 Å². The highest BCUT2D eigenvalue weighted by molar-refractivity contribution is 5.17. The zero-order valence-corrected chi connectivity index (χ0v) is 8.72. The first kappa shape index (κ1) is 9.83. The van der Waals surface area contributed by atoms with Gasteiger partial charge in [0.1, 0.15) is 0 Å². The molecule has 2 rings (SSSR count). The molecule has 1 N–H and O–H groups in total. The molecule has 0 spiro atoms. The molecule has 15 heavy (non-hydrogen) atoms. The summed E-state index contributed by atoms with van der Waals surface area (Å²) in [6.45, 7) is 2.19. The lowest BCUT2D eigenvalue weighted by Crippen LogP contribution is -2.02. The lowest BCUT2D eigenvalue weighted by Gasteiger charge is -2.12. The molecule has 1 unspecified atom stereocenters. The lowest BCUT2D eigenvalue weighted by molar-refractivity contribution is 0.647. The van der Waals surface area contributed by atoms with Crippen LogP contribution in [0.4, 0.5) is 0 Å². The molecule has 2 aromatic heterocycles. The van der Waals surface area contributed by atoms with Gasteiger partial charge in [0.15, 0.2) is 0 Å². The van der Waals surface area contributed by atoms with Gasteiger partial charge in [-0.2, -0.15) is 15.4 Å². The fourth-order valence-electron chi connectivity index (χ4n) is 1.71. The largest absolute Gasteiger partial charge is 0.265 e. The number of aromatic amines is 1. The highest BCUT2D eigenvalue weighted by Crippen LogP contribution is 2.22. The van der Waals surface area contributed by atoms with E-state index in [1.165, 1.54) is 5.56 Å². The first-order valence-corrected chi connectivity index (χ1v) is 5.14. The van der Waals surface area contributed by atoms with E-state index in [0.29, 0.717) is 5.92 Å². The molecule has 0 aliphatic rings. The number of nitrogens with zero attached hydrogens (tertiary/aromatic N) is 3. The number of H-pyrrole nitrogens is 1. The fraction of sp³-hybridized carbons (Fsp3) is 0.364. The fourth-order valence-corrected chi connectivity index (χ4v) is 1.71. The summed E-state index contributed by atoms with van der Waals surface area (Å²) in [5.41, 5.74) is 2.33. The molecule has 0 fully saturated rings. The first-order chi connectivity index (χ1) is 7.40. The molecule has 0 aliphatic heterocycles. The van der Waals surface area contributed by atoms with E-state index in [9.17, 15) is 0 Å². The molecule has 0 aromatic carbocycles. The van der Waals surface area contributed by atoms with E-state index >= 15 is 0 Å². The molecule has 4 heteroatoms. The van der Waals surface area contributed by atoms with Gasteiger partial charge in [-0.05, 0) is 36.5 Å². The molecule has 4 nitrogen and oxygen atoms in total. The Kier molecular flexibility index (Phi) is 3.07. The van der Waals surface area contributed by atoms with Crippen LogP contribution in [0.3, 0.4) is 0 Å². The van der Waals surface area contributed by atoms with Crippen LogP contribution < -0.4 is 0 Å². The van der Waals surface area contributed by atoms with Gasteiger partial charge in [0.2, 0.25) is 0 Å². The third-order valence-electron chi connectivity index (χ3n) is 2.59. The lowest BCUT2D eigenvalue weighted by atomic mass is 9.93. The van der Waals surface area contributed by atoms with Crippen molar-refractivity contribution in [3.63, 3.8) is 0 Å². The average Bonchev–Trinajstić information content (AvgIpc) is 2.80. The second-order valence-corrected chi connectivity index (χ2v) is 3.55. The van der Waals surface area contributed by atoms with Crippen molar-refractivity contribution in [1.29, 1.82) is 0 Å². The van der Waals surface area contributed by atoms with E-state index in [0.717, 1.165) is 18.5 Å². The molecule has 0 radical (unpaired) electrons. The van der Waals surface area contributed by atoms with Crippen molar-refractivity contribution in [3.8, 4) is 0 Å². The summed E-state index contributed by atoms with van der Waals surface area (Å²) in [6.07, 6.45) is 7.47. The number of aromatic nitrogens is 4. The Morgan fingerprint density at radius 3 is 2.73 bits per heavy atom. The first-order valence-electron chi connectivity index (χ1n) is 5.14. The van der Waals surface area contributed by atoms with Crippen molar-refractivity contribution in [2.24, 2.45) is 0 Å². The average molecular weight is 202 g/mol. The quantitative estimate of drug-likeness (QED) is 0.824. The van der Waals surface area contributed by atoms with Crippen molar-refractivity contribution < 1.29 is 0 Å². The highest BCUT2D eigenvalue weighted by Gasteiger charge is 2.11. The van der Waals surface area contributed by atoms with Gasteiger partial charge < -0.3 is 0 Å². The third-order valence-corrected chi connectivity index (χ3v) is 2.59. The molecule has 2 aromatic rings. The van der Waals surface area contributed by atoms with E-state index in [1.54, 1.807) is 6.20 Å². The minimum absolute atomic E-state index is 0.498. The maximum Gasteiger partial charge on any atom is 0.0830 e. The van der Waals surface area contributed by atoms with Crippen LogP contribution >= 0.6 is 0 Å². The van der Waals surface area contributed by atoms with Crippen LogP contribution in [0.25, 0.3) is 0 Å². The smallest absolute Gasteiger partial charge is 0.0830 e. The Bertz CT molecular complexity index is 382. The molecular formula is C11H14N4. The molecular weight excluding hydrogens is 188 g/mol. The number of hydrogen-bond acceptors (Lipinski definition) is 3. The van der Waals surface area contributed by atoms with Crippen LogP contribution in [0.2, 0.25) is 0 Å². The van der Waals surface area contributed by atoms with E-state index in [1.807, 2.05) is 12.4 Å². The summed E-state index contributed by atoms with van der Waals surface area (Å²) in [6, 6.07) is 4.13. The molecule has 0 saturated heterocycles. The van der Waals surface area contributed by atoms with Crippen LogP contribution in [-0.4, -0.2) is 20.4 Å². The van der Waals surface area contributed by atoms with Gasteiger partial charge in [0, 0.05) is 12.4 Å². The summed E-state index contributed by atoms with van der Waals surface area (Å²) in [7, 11) is 0. The Labute approximate surface area is 88.8 Å². The Morgan fingerprint density at radius 2 is 2.13 bits per heavy atom. The van der Waals surface area contributed by atoms with E-state index in [4.69, 9.17) is 0 Å². The Hall–Kier alpha value is -1.71. The second-order valence-electron chi connectivity index (χ2n) is 3.55. The van der Waals surface area contributed by atoms with E-state index in [2.05, 4.69) is 39.5 Å². The van der Waals surface area contributed by atoms with Gasteiger partial charge in [-0.25, -0.2) is 0 Å². The van der Waals surface area contributed by atoms with E-state index < -0.39 is 0 Å². The SMILES string of the molecule is CCC(Cc1cn[nH]n1)c1ccncc1. The Balaban J connectivity index is 2.12. The number of rotatable bonds is 4. The monoisotopic (exact) mass is 202 g/mol. The molecule has 0 aliphatic carbocycles. The summed E-state index contributed by atoms with van der Waals surface area (Å²) < 4.78 is 0. The minimum Gasteiger partial charge on any atom is -0.265 e. The molecule has 0 saturated carbocycles. The number of pyridine rings is 1. The molecule has 0 bridgehead atoms. The molecule has 2 heterocycles. The van der Waals surface area contributed by atoms with Gasteiger partial charge in [0.25, 0.3) is 0 Å². The zero-order valence-electron chi connectivity index (χ0n) is 8.72. The predicted molar refractivity (Wildman–Crippen MR) is 57.4 cm³/mol. The van der Waals surface area contributed by atoms with Gasteiger partial charge >= 0.3 is 0 Å². The van der Waals surface area contributed by atoms with Crippen molar-refractivity contribution in [1.82, 2.24) is 20.4 Å². The number of nitrogens with one attached hydrogen (secondary N) is 1. The highest BCUT2D eigenvalue weighted by atomic mass is 15.3. The van der Waals surface area contributed by atoms with Crippen LogP contribution in [0, 0.1) is 0 Å². The maximum absolute atomic E-state index is 4.08. The van der Waals surface area contributed by atoms with Gasteiger partial charge in [-0.1, -0.05) is 6.92 Å². The van der Waals surface area contributed by atoms with E-state index in [-0.39, 0.29) is 0 Å². The zero-order chi connectivity index (χ0) is 10.5. The summed E-state index contributed by atoms with van der Waals surface area (Å²) in [4.78, 5) is 4.02.